The van der Waals surface area contributed by atoms with Gasteiger partial charge in [-0.1, -0.05) is 6.92 Å². The van der Waals surface area contributed by atoms with E-state index in [4.69, 9.17) is 4.74 Å². The predicted octanol–water partition coefficient (Wildman–Crippen LogP) is 1.65. The highest BCUT2D eigenvalue weighted by atomic mass is 32.1. The van der Waals surface area contributed by atoms with E-state index in [1.807, 2.05) is 0 Å². The van der Waals surface area contributed by atoms with Crippen LogP contribution in [0.1, 0.15) is 40.9 Å². The Morgan fingerprint density at radius 1 is 1.63 bits per heavy atom. The first-order valence-corrected chi connectivity index (χ1v) is 7.57. The number of carboxylic acids is 1. The molecule has 0 aromatic carbocycles. The molecule has 2 atom stereocenters. The Morgan fingerprint density at radius 3 is 3.21 bits per heavy atom. The van der Waals surface area contributed by atoms with Crippen molar-refractivity contribution in [2.75, 3.05) is 26.2 Å². The minimum Gasteiger partial charge on any atom is -0.481 e. The van der Waals surface area contributed by atoms with E-state index in [9.17, 15) is 9.90 Å². The van der Waals surface area contributed by atoms with Crippen LogP contribution < -0.4 is 0 Å². The third-order valence-electron chi connectivity index (χ3n) is 3.91. The standard InChI is InChI=1S/C13H18N2O3S/c1-2-15-5-6-18-9(7-15)12-14-11-8(13(16)17)3-4-10(11)19-12/h8-9H,2-7H2,1H3,(H,16,17). The first-order chi connectivity index (χ1) is 9.19. The summed E-state index contributed by atoms with van der Waals surface area (Å²) in [4.78, 5) is 19.2. The van der Waals surface area contributed by atoms with Crippen molar-refractivity contribution in [2.45, 2.75) is 31.8 Å². The van der Waals surface area contributed by atoms with Gasteiger partial charge in [-0.05, 0) is 19.4 Å². The van der Waals surface area contributed by atoms with Crippen LogP contribution in [-0.2, 0) is 16.0 Å². The maximum atomic E-state index is 11.2. The minimum absolute atomic E-state index is 0.0127. The van der Waals surface area contributed by atoms with Gasteiger partial charge in [-0.25, -0.2) is 4.98 Å². The van der Waals surface area contributed by atoms with E-state index in [-0.39, 0.29) is 6.10 Å². The SMILES string of the molecule is CCN1CCOC(c2nc3c(s2)CCC3C(=O)O)C1. The summed E-state index contributed by atoms with van der Waals surface area (Å²) >= 11 is 1.64. The summed E-state index contributed by atoms with van der Waals surface area (Å²) < 4.78 is 5.79. The summed E-state index contributed by atoms with van der Waals surface area (Å²) in [6.07, 6.45) is 1.55. The molecule has 0 radical (unpaired) electrons. The Labute approximate surface area is 116 Å². The molecule has 5 nitrogen and oxygen atoms in total. The van der Waals surface area contributed by atoms with Crippen molar-refractivity contribution in [1.82, 2.24) is 9.88 Å². The molecule has 3 rings (SSSR count). The molecule has 2 unspecified atom stereocenters. The number of rotatable bonds is 3. The van der Waals surface area contributed by atoms with Gasteiger partial charge in [0, 0.05) is 18.0 Å². The molecule has 104 valence electrons. The highest BCUT2D eigenvalue weighted by molar-refractivity contribution is 7.11. The number of aromatic nitrogens is 1. The molecule has 19 heavy (non-hydrogen) atoms. The smallest absolute Gasteiger partial charge is 0.312 e. The van der Waals surface area contributed by atoms with Crippen LogP contribution in [-0.4, -0.2) is 47.2 Å². The third kappa shape index (κ3) is 2.40. The van der Waals surface area contributed by atoms with Gasteiger partial charge in [-0.3, -0.25) is 9.69 Å². The maximum Gasteiger partial charge on any atom is 0.312 e. The first-order valence-electron chi connectivity index (χ1n) is 6.75. The molecule has 0 spiro atoms. The van der Waals surface area contributed by atoms with Crippen LogP contribution in [0.5, 0.6) is 0 Å². The number of aryl methyl sites for hydroxylation is 1. The van der Waals surface area contributed by atoms with Crippen LogP contribution in [0, 0.1) is 0 Å². The second-order valence-corrected chi connectivity index (χ2v) is 6.16. The van der Waals surface area contributed by atoms with Gasteiger partial charge in [-0.2, -0.15) is 0 Å². The van der Waals surface area contributed by atoms with E-state index in [0.717, 1.165) is 48.2 Å². The van der Waals surface area contributed by atoms with Crippen LogP contribution in [0.3, 0.4) is 0 Å². The van der Waals surface area contributed by atoms with Crippen molar-refractivity contribution in [1.29, 1.82) is 0 Å². The van der Waals surface area contributed by atoms with Crippen LogP contribution in [0.25, 0.3) is 0 Å². The number of fused-ring (bicyclic) bond motifs is 1. The number of hydrogen-bond donors (Lipinski definition) is 1. The molecule has 1 saturated heterocycles. The average Bonchev–Trinajstić information content (AvgIpc) is 2.98. The highest BCUT2D eigenvalue weighted by Crippen LogP contribution is 2.39. The highest BCUT2D eigenvalue weighted by Gasteiger charge is 2.34. The number of likely N-dealkylation sites (N-methyl/N-ethyl adjacent to an activating group) is 1. The summed E-state index contributed by atoms with van der Waals surface area (Å²) in [6, 6.07) is 0. The molecule has 1 aliphatic carbocycles. The fraction of sp³-hybridized carbons (Fsp3) is 0.692. The molecule has 0 bridgehead atoms. The van der Waals surface area contributed by atoms with Gasteiger partial charge in [0.15, 0.2) is 0 Å². The zero-order valence-corrected chi connectivity index (χ0v) is 11.8. The average molecular weight is 282 g/mol. The Kier molecular flexibility index (Phi) is 3.56. The number of carboxylic acid groups (broad SMARTS) is 1. The quantitative estimate of drug-likeness (QED) is 0.913. The summed E-state index contributed by atoms with van der Waals surface area (Å²) in [6.45, 7) is 5.72. The maximum absolute atomic E-state index is 11.2. The Morgan fingerprint density at radius 2 is 2.47 bits per heavy atom. The van der Waals surface area contributed by atoms with Crippen LogP contribution in [0.4, 0.5) is 0 Å². The van der Waals surface area contributed by atoms with Crippen molar-refractivity contribution in [3.8, 4) is 0 Å². The van der Waals surface area contributed by atoms with Gasteiger partial charge in [0.1, 0.15) is 17.0 Å². The van der Waals surface area contributed by atoms with E-state index in [2.05, 4.69) is 16.8 Å². The topological polar surface area (TPSA) is 62.7 Å². The lowest BCUT2D eigenvalue weighted by Gasteiger charge is -2.30. The molecule has 1 fully saturated rings. The third-order valence-corrected chi connectivity index (χ3v) is 5.13. The molecule has 1 aromatic rings. The fourth-order valence-corrected chi connectivity index (χ4v) is 3.95. The molecule has 0 saturated carbocycles. The van der Waals surface area contributed by atoms with E-state index in [0.29, 0.717) is 6.42 Å². The summed E-state index contributed by atoms with van der Waals surface area (Å²) in [7, 11) is 0. The monoisotopic (exact) mass is 282 g/mol. The predicted molar refractivity (Wildman–Crippen MR) is 71.6 cm³/mol. The molecule has 1 aromatic heterocycles. The first kappa shape index (κ1) is 13.0. The Bertz CT molecular complexity index is 488. The molecule has 6 heteroatoms. The molecule has 1 N–H and O–H groups in total. The van der Waals surface area contributed by atoms with Crippen molar-refractivity contribution in [3.05, 3.63) is 15.6 Å². The number of aliphatic carboxylic acids is 1. The van der Waals surface area contributed by atoms with Gasteiger partial charge >= 0.3 is 5.97 Å². The summed E-state index contributed by atoms with van der Waals surface area (Å²) in [5.74, 6) is -1.17. The lowest BCUT2D eigenvalue weighted by atomic mass is 10.1. The number of ether oxygens (including phenoxy) is 1. The number of nitrogens with zero attached hydrogens (tertiary/aromatic N) is 2. The lowest BCUT2D eigenvalue weighted by Crippen LogP contribution is -2.38. The van der Waals surface area contributed by atoms with Gasteiger partial charge in [0.05, 0.1) is 12.3 Å². The Balaban J connectivity index is 1.80. The molecular weight excluding hydrogens is 264 g/mol. The fourth-order valence-electron chi connectivity index (χ4n) is 2.76. The van der Waals surface area contributed by atoms with E-state index >= 15 is 0 Å². The number of morpholine rings is 1. The zero-order chi connectivity index (χ0) is 13.4. The second-order valence-electron chi connectivity index (χ2n) is 5.04. The molecule has 2 heterocycles. The van der Waals surface area contributed by atoms with Crippen LogP contribution in [0.15, 0.2) is 0 Å². The van der Waals surface area contributed by atoms with Gasteiger partial charge in [-0.15, -0.1) is 11.3 Å². The Hall–Kier alpha value is -0.980. The normalized spacial score (nSPS) is 27.4. The molecular formula is C13H18N2O3S. The molecule has 0 amide bonds. The van der Waals surface area contributed by atoms with E-state index in [1.54, 1.807) is 11.3 Å². The molecule has 2 aliphatic rings. The van der Waals surface area contributed by atoms with Crippen molar-refractivity contribution in [3.63, 3.8) is 0 Å². The number of carbonyl (C=O) groups is 1. The van der Waals surface area contributed by atoms with Crippen molar-refractivity contribution in [2.24, 2.45) is 0 Å². The largest absolute Gasteiger partial charge is 0.481 e. The summed E-state index contributed by atoms with van der Waals surface area (Å²) in [5, 5.41) is 10.1. The zero-order valence-electron chi connectivity index (χ0n) is 11.0. The van der Waals surface area contributed by atoms with Gasteiger partial charge in [0.25, 0.3) is 0 Å². The minimum atomic E-state index is -0.754. The number of thiazole rings is 1. The summed E-state index contributed by atoms with van der Waals surface area (Å²) in [5.41, 5.74) is 0.782. The molecule has 1 aliphatic heterocycles. The lowest BCUT2D eigenvalue weighted by molar-refractivity contribution is -0.138. The van der Waals surface area contributed by atoms with Crippen LogP contribution in [0.2, 0.25) is 0 Å². The van der Waals surface area contributed by atoms with Gasteiger partial charge < -0.3 is 9.84 Å². The van der Waals surface area contributed by atoms with Crippen LogP contribution >= 0.6 is 11.3 Å². The second kappa shape index (κ2) is 5.19. The number of hydrogen-bond acceptors (Lipinski definition) is 5. The van der Waals surface area contributed by atoms with Crippen molar-refractivity contribution >= 4 is 17.3 Å². The van der Waals surface area contributed by atoms with E-state index < -0.39 is 11.9 Å². The van der Waals surface area contributed by atoms with Crippen molar-refractivity contribution < 1.29 is 14.6 Å². The van der Waals surface area contributed by atoms with E-state index in [1.165, 1.54) is 0 Å². The van der Waals surface area contributed by atoms with Gasteiger partial charge in [0.2, 0.25) is 0 Å².